The van der Waals surface area contributed by atoms with Gasteiger partial charge in [-0.05, 0) is 32.4 Å². The molecule has 0 amide bonds. The van der Waals surface area contributed by atoms with Crippen molar-refractivity contribution >= 4 is 29.2 Å². The van der Waals surface area contributed by atoms with Crippen molar-refractivity contribution < 1.29 is 9.53 Å². The predicted molar refractivity (Wildman–Crippen MR) is 87.9 cm³/mol. The van der Waals surface area contributed by atoms with Gasteiger partial charge in [0.15, 0.2) is 0 Å². The number of carbonyl (C=O) groups excluding carboxylic acids is 1. The van der Waals surface area contributed by atoms with E-state index in [9.17, 15) is 4.79 Å². The van der Waals surface area contributed by atoms with Gasteiger partial charge < -0.3 is 9.64 Å². The monoisotopic (exact) mass is 337 g/mol. The Morgan fingerprint density at radius 2 is 2.05 bits per heavy atom. The van der Waals surface area contributed by atoms with Crippen molar-refractivity contribution in [2.24, 2.45) is 0 Å². The highest BCUT2D eigenvalue weighted by molar-refractivity contribution is 6.42. The zero-order valence-electron chi connectivity index (χ0n) is 12.7. The molecule has 116 valence electrons. The fourth-order valence-electron chi connectivity index (χ4n) is 3.20. The molecule has 3 nitrogen and oxygen atoms in total. The lowest BCUT2D eigenvalue weighted by Gasteiger charge is -2.35. The molecule has 2 aliphatic rings. The van der Waals surface area contributed by atoms with E-state index in [0.29, 0.717) is 22.3 Å². The molecule has 1 atom stereocenters. The molecule has 5 heteroatoms. The number of hydrogen-bond donors (Lipinski definition) is 0. The summed E-state index contributed by atoms with van der Waals surface area (Å²) in [6.45, 7) is 6.41. The molecule has 2 heterocycles. The standard InChI is InChI=1S/C17H17Cl2NO2/c1-9(2)20-10(3)7-12(13-8-22-17(21)16(13)20)11-5-4-6-14(18)15(11)19/h4-7,9,12H,8H2,1-3H3. The molecule has 3 rings (SSSR count). The van der Waals surface area contributed by atoms with Gasteiger partial charge in [-0.25, -0.2) is 4.79 Å². The van der Waals surface area contributed by atoms with Crippen molar-refractivity contribution in [2.75, 3.05) is 6.61 Å². The van der Waals surface area contributed by atoms with Gasteiger partial charge in [0.2, 0.25) is 0 Å². The van der Waals surface area contributed by atoms with E-state index in [1.165, 1.54) is 0 Å². The SMILES string of the molecule is CC1=CC(c2cccc(Cl)c2Cl)C2=C(C(=O)OC2)N1C(C)C. The molecule has 1 aromatic carbocycles. The Balaban J connectivity index is 2.16. The summed E-state index contributed by atoms with van der Waals surface area (Å²) < 4.78 is 5.29. The van der Waals surface area contributed by atoms with Gasteiger partial charge >= 0.3 is 5.97 Å². The average molecular weight is 338 g/mol. The molecule has 0 saturated carbocycles. The number of nitrogens with zero attached hydrogens (tertiary/aromatic N) is 1. The lowest BCUT2D eigenvalue weighted by molar-refractivity contribution is -0.137. The number of benzene rings is 1. The van der Waals surface area contributed by atoms with Crippen molar-refractivity contribution in [3.05, 3.63) is 56.9 Å². The van der Waals surface area contributed by atoms with Crippen LogP contribution in [0.25, 0.3) is 0 Å². The fourth-order valence-corrected chi connectivity index (χ4v) is 3.63. The second-order valence-corrected chi connectivity index (χ2v) is 6.63. The first-order valence-electron chi connectivity index (χ1n) is 7.23. The fraction of sp³-hybridized carbons (Fsp3) is 0.353. The molecule has 0 aromatic heterocycles. The second kappa shape index (κ2) is 5.64. The van der Waals surface area contributed by atoms with Crippen LogP contribution in [0.15, 0.2) is 41.2 Å². The van der Waals surface area contributed by atoms with E-state index in [4.69, 9.17) is 27.9 Å². The Bertz CT molecular complexity index is 707. The van der Waals surface area contributed by atoms with Crippen LogP contribution in [0.5, 0.6) is 0 Å². The summed E-state index contributed by atoms with van der Waals surface area (Å²) >= 11 is 12.5. The summed E-state index contributed by atoms with van der Waals surface area (Å²) in [6, 6.07) is 5.77. The van der Waals surface area contributed by atoms with Crippen LogP contribution in [0.4, 0.5) is 0 Å². The maximum absolute atomic E-state index is 12.2. The number of hydrogen-bond acceptors (Lipinski definition) is 3. The Morgan fingerprint density at radius 1 is 1.32 bits per heavy atom. The number of halogens is 2. The Labute approximate surface area is 140 Å². The molecule has 1 unspecified atom stereocenters. The summed E-state index contributed by atoms with van der Waals surface area (Å²) in [5, 5.41) is 1.05. The van der Waals surface area contributed by atoms with Gasteiger partial charge in [0.1, 0.15) is 12.3 Å². The van der Waals surface area contributed by atoms with Gasteiger partial charge in [-0.1, -0.05) is 41.4 Å². The summed E-state index contributed by atoms with van der Waals surface area (Å²) in [5.41, 5.74) is 3.53. The van der Waals surface area contributed by atoms with Crippen LogP contribution in [0.3, 0.4) is 0 Å². The first-order valence-corrected chi connectivity index (χ1v) is 7.99. The number of ether oxygens (including phenoxy) is 1. The van der Waals surface area contributed by atoms with E-state index >= 15 is 0 Å². The topological polar surface area (TPSA) is 29.5 Å². The zero-order valence-corrected chi connectivity index (χ0v) is 14.2. The van der Waals surface area contributed by atoms with Crippen molar-refractivity contribution in [2.45, 2.75) is 32.7 Å². The minimum absolute atomic E-state index is 0.0809. The molecule has 0 saturated heterocycles. The summed E-state index contributed by atoms with van der Waals surface area (Å²) in [6.07, 6.45) is 2.12. The molecule has 0 N–H and O–H groups in total. The first-order chi connectivity index (χ1) is 10.4. The highest BCUT2D eigenvalue weighted by atomic mass is 35.5. The molecule has 1 aromatic rings. The number of cyclic esters (lactones) is 1. The van der Waals surface area contributed by atoms with E-state index < -0.39 is 0 Å². The summed E-state index contributed by atoms with van der Waals surface area (Å²) in [4.78, 5) is 14.2. The van der Waals surface area contributed by atoms with Gasteiger partial charge in [-0.2, -0.15) is 0 Å². The van der Waals surface area contributed by atoms with E-state index in [1.54, 1.807) is 6.07 Å². The minimum Gasteiger partial charge on any atom is -0.456 e. The van der Waals surface area contributed by atoms with Crippen LogP contribution >= 0.6 is 23.2 Å². The van der Waals surface area contributed by atoms with E-state index in [0.717, 1.165) is 16.8 Å². The van der Waals surface area contributed by atoms with Crippen molar-refractivity contribution in [1.29, 1.82) is 0 Å². The van der Waals surface area contributed by atoms with E-state index in [2.05, 4.69) is 19.9 Å². The van der Waals surface area contributed by atoms with E-state index in [-0.39, 0.29) is 17.9 Å². The van der Waals surface area contributed by atoms with Crippen LogP contribution in [0.1, 0.15) is 32.3 Å². The highest BCUT2D eigenvalue weighted by Gasteiger charge is 2.39. The third kappa shape index (κ3) is 2.33. The maximum atomic E-state index is 12.2. The van der Waals surface area contributed by atoms with Crippen molar-refractivity contribution in [1.82, 2.24) is 4.90 Å². The number of rotatable bonds is 2. The molecule has 0 spiro atoms. The molecule has 0 radical (unpaired) electrons. The minimum atomic E-state index is -0.265. The zero-order chi connectivity index (χ0) is 16.0. The second-order valence-electron chi connectivity index (χ2n) is 5.84. The Morgan fingerprint density at radius 3 is 2.73 bits per heavy atom. The van der Waals surface area contributed by atoms with Crippen molar-refractivity contribution in [3.8, 4) is 0 Å². The Hall–Kier alpha value is -1.45. The van der Waals surface area contributed by atoms with Crippen molar-refractivity contribution in [3.63, 3.8) is 0 Å². The van der Waals surface area contributed by atoms with Gasteiger partial charge in [-0.3, -0.25) is 0 Å². The van der Waals surface area contributed by atoms with Crippen LogP contribution in [0, 0.1) is 0 Å². The summed E-state index contributed by atoms with van der Waals surface area (Å²) in [5.74, 6) is -0.345. The number of carbonyl (C=O) groups is 1. The van der Waals surface area contributed by atoms with Gasteiger partial charge in [0.05, 0.1) is 10.0 Å². The third-order valence-corrected chi connectivity index (χ3v) is 4.93. The highest BCUT2D eigenvalue weighted by Crippen LogP contribution is 2.43. The molecule has 22 heavy (non-hydrogen) atoms. The molecule has 2 aliphatic heterocycles. The van der Waals surface area contributed by atoms with Gasteiger partial charge in [-0.15, -0.1) is 0 Å². The van der Waals surface area contributed by atoms with Gasteiger partial charge in [0.25, 0.3) is 0 Å². The lowest BCUT2D eigenvalue weighted by atomic mass is 9.86. The van der Waals surface area contributed by atoms with Gasteiger partial charge in [0, 0.05) is 23.2 Å². The Kier molecular flexibility index (Phi) is 3.96. The largest absolute Gasteiger partial charge is 0.456 e. The predicted octanol–water partition coefficient (Wildman–Crippen LogP) is 4.52. The van der Waals surface area contributed by atoms with Crippen LogP contribution < -0.4 is 0 Å². The maximum Gasteiger partial charge on any atom is 0.355 e. The van der Waals surface area contributed by atoms with Crippen LogP contribution in [-0.4, -0.2) is 23.5 Å². The number of esters is 1. The number of allylic oxidation sites excluding steroid dienone is 2. The summed E-state index contributed by atoms with van der Waals surface area (Å²) in [7, 11) is 0. The quantitative estimate of drug-likeness (QED) is 0.743. The van der Waals surface area contributed by atoms with Crippen LogP contribution in [-0.2, 0) is 9.53 Å². The lowest BCUT2D eigenvalue weighted by Crippen LogP contribution is -2.34. The third-order valence-electron chi connectivity index (χ3n) is 4.09. The molecule has 0 fully saturated rings. The average Bonchev–Trinajstić information content (AvgIpc) is 2.83. The smallest absolute Gasteiger partial charge is 0.355 e. The normalized spacial score (nSPS) is 21.2. The van der Waals surface area contributed by atoms with Crippen LogP contribution in [0.2, 0.25) is 10.0 Å². The molecular weight excluding hydrogens is 321 g/mol. The van der Waals surface area contributed by atoms with E-state index in [1.807, 2.05) is 24.0 Å². The molecule has 0 aliphatic carbocycles. The molecular formula is C17H17Cl2NO2. The molecule has 0 bridgehead atoms. The first kappa shape index (κ1) is 15.4.